The van der Waals surface area contributed by atoms with Crippen molar-refractivity contribution in [2.75, 3.05) is 6.54 Å². The molecular formula is C25H27N3O3. The van der Waals surface area contributed by atoms with Gasteiger partial charge in [0.1, 0.15) is 5.76 Å². The predicted octanol–water partition coefficient (Wildman–Crippen LogP) is 4.26. The number of hydrogen-bond donors (Lipinski definition) is 2. The Morgan fingerprint density at radius 1 is 0.871 bits per heavy atom. The van der Waals surface area contributed by atoms with E-state index in [4.69, 9.17) is 4.42 Å². The zero-order valence-electron chi connectivity index (χ0n) is 17.4. The Balaban J connectivity index is 1.44. The van der Waals surface area contributed by atoms with Crippen LogP contribution < -0.4 is 10.6 Å². The standard InChI is InChI=1S/C25H27N3O3/c29-24(26-17-22-12-7-15-31-22)21-13-14-23(20-10-5-2-6-11-20)28(18-21)25(30)27-16-19-8-3-1-4-9-19/h1-12,15,21,23H,13-14,16-18H2,(H,26,29)(H,27,30). The number of nitrogens with one attached hydrogen (secondary N) is 2. The summed E-state index contributed by atoms with van der Waals surface area (Å²) in [7, 11) is 0. The second-order valence-corrected chi connectivity index (χ2v) is 7.79. The molecule has 6 nitrogen and oxygen atoms in total. The first kappa shape index (κ1) is 20.7. The molecule has 3 amide bonds. The van der Waals surface area contributed by atoms with Gasteiger partial charge in [-0.15, -0.1) is 0 Å². The van der Waals surface area contributed by atoms with Crippen LogP contribution in [0.2, 0.25) is 0 Å². The van der Waals surface area contributed by atoms with Crippen molar-refractivity contribution in [3.8, 4) is 0 Å². The third-order valence-corrected chi connectivity index (χ3v) is 5.70. The molecule has 0 saturated carbocycles. The molecule has 2 aromatic carbocycles. The van der Waals surface area contributed by atoms with Gasteiger partial charge in [-0.05, 0) is 36.1 Å². The van der Waals surface area contributed by atoms with Gasteiger partial charge in [-0.1, -0.05) is 60.7 Å². The van der Waals surface area contributed by atoms with Gasteiger partial charge in [0.2, 0.25) is 5.91 Å². The summed E-state index contributed by atoms with van der Waals surface area (Å²) in [5.74, 6) is 0.407. The van der Waals surface area contributed by atoms with Gasteiger partial charge in [0, 0.05) is 13.1 Å². The third-order valence-electron chi connectivity index (χ3n) is 5.70. The summed E-state index contributed by atoms with van der Waals surface area (Å²) in [4.78, 5) is 27.7. The van der Waals surface area contributed by atoms with Crippen molar-refractivity contribution in [1.29, 1.82) is 0 Å². The highest BCUT2D eigenvalue weighted by Crippen LogP contribution is 2.33. The van der Waals surface area contributed by atoms with E-state index in [0.29, 0.717) is 25.4 Å². The van der Waals surface area contributed by atoms with Crippen LogP contribution in [0.4, 0.5) is 4.79 Å². The van der Waals surface area contributed by atoms with E-state index in [1.54, 1.807) is 17.2 Å². The second-order valence-electron chi connectivity index (χ2n) is 7.79. The molecule has 4 rings (SSSR count). The van der Waals surface area contributed by atoms with E-state index in [-0.39, 0.29) is 23.9 Å². The summed E-state index contributed by atoms with van der Waals surface area (Å²) in [6.07, 6.45) is 3.05. The van der Waals surface area contributed by atoms with Crippen molar-refractivity contribution in [3.05, 3.63) is 95.9 Å². The Kier molecular flexibility index (Phi) is 6.67. The summed E-state index contributed by atoms with van der Waals surface area (Å²) in [6, 6.07) is 23.3. The van der Waals surface area contributed by atoms with Crippen molar-refractivity contribution in [2.24, 2.45) is 5.92 Å². The molecule has 160 valence electrons. The number of urea groups is 1. The number of benzene rings is 2. The van der Waals surface area contributed by atoms with Crippen LogP contribution in [0.15, 0.2) is 83.5 Å². The van der Waals surface area contributed by atoms with E-state index < -0.39 is 0 Å². The largest absolute Gasteiger partial charge is 0.467 e. The molecule has 0 aliphatic carbocycles. The summed E-state index contributed by atoms with van der Waals surface area (Å²) < 4.78 is 5.29. The summed E-state index contributed by atoms with van der Waals surface area (Å²) in [6.45, 7) is 1.18. The molecule has 1 saturated heterocycles. The quantitative estimate of drug-likeness (QED) is 0.629. The first-order valence-corrected chi connectivity index (χ1v) is 10.6. The van der Waals surface area contributed by atoms with Crippen LogP contribution in [0.5, 0.6) is 0 Å². The van der Waals surface area contributed by atoms with E-state index in [1.165, 1.54) is 0 Å². The van der Waals surface area contributed by atoms with Crippen molar-refractivity contribution < 1.29 is 14.0 Å². The van der Waals surface area contributed by atoms with Crippen molar-refractivity contribution >= 4 is 11.9 Å². The van der Waals surface area contributed by atoms with Crippen LogP contribution in [-0.2, 0) is 17.9 Å². The SMILES string of the molecule is O=C(NCc1ccco1)C1CCC(c2ccccc2)N(C(=O)NCc2ccccc2)C1. The summed E-state index contributed by atoms with van der Waals surface area (Å²) in [5, 5.41) is 5.96. The third kappa shape index (κ3) is 5.34. The van der Waals surface area contributed by atoms with Gasteiger partial charge in [-0.2, -0.15) is 0 Å². The van der Waals surface area contributed by atoms with Crippen LogP contribution in [0.25, 0.3) is 0 Å². The number of nitrogens with zero attached hydrogens (tertiary/aromatic N) is 1. The smallest absolute Gasteiger partial charge is 0.318 e. The normalized spacial score (nSPS) is 18.4. The van der Waals surface area contributed by atoms with Gasteiger partial charge in [-0.25, -0.2) is 4.79 Å². The molecule has 0 radical (unpaired) electrons. The molecule has 1 aromatic heterocycles. The zero-order chi connectivity index (χ0) is 21.5. The number of carbonyl (C=O) groups excluding carboxylic acids is 2. The van der Waals surface area contributed by atoms with Crippen LogP contribution in [0.3, 0.4) is 0 Å². The monoisotopic (exact) mass is 417 g/mol. The lowest BCUT2D eigenvalue weighted by Crippen LogP contribution is -2.50. The van der Waals surface area contributed by atoms with Crippen LogP contribution in [-0.4, -0.2) is 23.4 Å². The topological polar surface area (TPSA) is 74.6 Å². The number of piperidine rings is 1. The van der Waals surface area contributed by atoms with Gasteiger partial charge < -0.3 is 20.0 Å². The highest BCUT2D eigenvalue weighted by Gasteiger charge is 2.35. The Morgan fingerprint density at radius 3 is 2.32 bits per heavy atom. The van der Waals surface area contributed by atoms with Gasteiger partial charge in [-0.3, -0.25) is 4.79 Å². The van der Waals surface area contributed by atoms with Crippen LogP contribution in [0, 0.1) is 5.92 Å². The van der Waals surface area contributed by atoms with Crippen LogP contribution >= 0.6 is 0 Å². The molecule has 0 bridgehead atoms. The Hall–Kier alpha value is -3.54. The number of hydrogen-bond acceptors (Lipinski definition) is 3. The lowest BCUT2D eigenvalue weighted by atomic mass is 9.88. The molecule has 0 spiro atoms. The predicted molar refractivity (Wildman–Crippen MR) is 118 cm³/mol. The fraction of sp³-hybridized carbons (Fsp3) is 0.280. The fourth-order valence-corrected chi connectivity index (χ4v) is 4.04. The Bertz CT molecular complexity index is 974. The lowest BCUT2D eigenvalue weighted by Gasteiger charge is -2.39. The molecular weight excluding hydrogens is 390 g/mol. The first-order chi connectivity index (χ1) is 15.2. The van der Waals surface area contributed by atoms with E-state index in [2.05, 4.69) is 10.6 Å². The Morgan fingerprint density at radius 2 is 1.61 bits per heavy atom. The molecule has 1 fully saturated rings. The minimum Gasteiger partial charge on any atom is -0.467 e. The average Bonchev–Trinajstić information content (AvgIpc) is 3.35. The maximum absolute atomic E-state index is 13.1. The van der Waals surface area contributed by atoms with Crippen LogP contribution in [0.1, 0.15) is 35.8 Å². The van der Waals surface area contributed by atoms with Crippen molar-refractivity contribution in [3.63, 3.8) is 0 Å². The number of likely N-dealkylation sites (tertiary alicyclic amines) is 1. The number of furan rings is 1. The number of amides is 3. The molecule has 6 heteroatoms. The van der Waals surface area contributed by atoms with Gasteiger partial charge in [0.05, 0.1) is 24.8 Å². The van der Waals surface area contributed by atoms with Gasteiger partial charge in [0.25, 0.3) is 0 Å². The molecule has 2 unspecified atom stereocenters. The fourth-order valence-electron chi connectivity index (χ4n) is 4.04. The highest BCUT2D eigenvalue weighted by molar-refractivity contribution is 5.81. The van der Waals surface area contributed by atoms with Crippen molar-refractivity contribution in [2.45, 2.75) is 32.0 Å². The second kappa shape index (κ2) is 9.98. The average molecular weight is 418 g/mol. The number of carbonyl (C=O) groups is 2. The molecule has 1 aliphatic rings. The van der Waals surface area contributed by atoms with E-state index in [1.807, 2.05) is 66.7 Å². The molecule has 31 heavy (non-hydrogen) atoms. The minimum absolute atomic E-state index is 0.0499. The maximum atomic E-state index is 13.1. The van der Waals surface area contributed by atoms with Crippen molar-refractivity contribution in [1.82, 2.24) is 15.5 Å². The Labute approximate surface area is 182 Å². The van der Waals surface area contributed by atoms with E-state index in [0.717, 1.165) is 24.0 Å². The highest BCUT2D eigenvalue weighted by atomic mass is 16.3. The summed E-state index contributed by atoms with van der Waals surface area (Å²) in [5.41, 5.74) is 2.13. The van der Waals surface area contributed by atoms with Gasteiger partial charge in [0.15, 0.2) is 0 Å². The summed E-state index contributed by atoms with van der Waals surface area (Å²) >= 11 is 0. The maximum Gasteiger partial charge on any atom is 0.318 e. The van der Waals surface area contributed by atoms with E-state index >= 15 is 0 Å². The van der Waals surface area contributed by atoms with E-state index in [9.17, 15) is 9.59 Å². The lowest BCUT2D eigenvalue weighted by molar-refractivity contribution is -0.127. The molecule has 1 aliphatic heterocycles. The number of rotatable bonds is 6. The molecule has 2 heterocycles. The van der Waals surface area contributed by atoms with Gasteiger partial charge >= 0.3 is 6.03 Å². The zero-order valence-corrected chi connectivity index (χ0v) is 17.4. The molecule has 3 aromatic rings. The molecule has 2 N–H and O–H groups in total. The molecule has 2 atom stereocenters. The first-order valence-electron chi connectivity index (χ1n) is 10.6. The minimum atomic E-state index is -0.252.